The molecule has 0 saturated carbocycles. The number of carbonyl (C=O) groups excluding carboxylic acids is 2. The monoisotopic (exact) mass is 760 g/mol. The first-order chi connectivity index (χ1) is 23.2. The van der Waals surface area contributed by atoms with Crippen LogP contribution in [0.3, 0.4) is 0 Å². The lowest BCUT2D eigenvalue weighted by Crippen LogP contribution is -2.50. The van der Waals surface area contributed by atoms with Crippen LogP contribution in [-0.2, 0) is 28.1 Å². The number of nitrogens with zero attached hydrogens (tertiary/aromatic N) is 12. The van der Waals surface area contributed by atoms with Crippen LogP contribution in [0.15, 0.2) is 37.2 Å². The van der Waals surface area contributed by atoms with Gasteiger partial charge in [0.1, 0.15) is 30.2 Å². The van der Waals surface area contributed by atoms with Crippen molar-refractivity contribution in [2.75, 3.05) is 40.3 Å². The third kappa shape index (κ3) is 8.85. The molecule has 0 N–H and O–H groups in total. The van der Waals surface area contributed by atoms with E-state index in [2.05, 4.69) is 49.8 Å². The topological polar surface area (TPSA) is 144 Å². The molecule has 0 aromatic carbocycles. The van der Waals surface area contributed by atoms with Crippen LogP contribution in [0, 0.1) is 0 Å². The number of halogens is 2. The highest BCUT2D eigenvalue weighted by atomic mass is 35.5. The van der Waals surface area contributed by atoms with Gasteiger partial charge in [0.2, 0.25) is 22.4 Å². The van der Waals surface area contributed by atoms with E-state index in [0.29, 0.717) is 42.6 Å². The van der Waals surface area contributed by atoms with Gasteiger partial charge in [-0.2, -0.15) is 20.2 Å². The number of likely N-dealkylation sites (N-methyl/N-ethyl adjacent to an activating group) is 2. The molecule has 4 aromatic rings. The van der Waals surface area contributed by atoms with Gasteiger partial charge in [-0.15, -0.1) is 0 Å². The third-order valence-corrected chi connectivity index (χ3v) is 10.4. The van der Waals surface area contributed by atoms with Gasteiger partial charge >= 0.3 is 0 Å². The van der Waals surface area contributed by atoms with E-state index in [4.69, 9.17) is 27.9 Å². The van der Waals surface area contributed by atoms with Crippen molar-refractivity contribution in [2.24, 2.45) is 7.05 Å². The molecule has 2 aliphatic rings. The van der Waals surface area contributed by atoms with E-state index in [0.717, 1.165) is 24.0 Å². The van der Waals surface area contributed by atoms with E-state index >= 15 is 0 Å². The standard InChI is InChI=1S/C18H27ClN6O2Si.C13H15ClN6O.2CH4/c1-6-14-17(26)23(2)15-10-20-18(19)22-16(15)25(14)13-9-21-24(11-13)12-27-7-8-28(3,4)5;1-4-9-12(21)19(3)10-6-15-13(14)17-11(10)20(9)8-5-16-18(2)7-8;;/h9-11,14H,6-8,12H2,1-5H3;5-7,9H,4H2,1-3H3;2*1H4. The van der Waals surface area contributed by atoms with E-state index in [1.165, 1.54) is 0 Å². The molecule has 0 bridgehead atoms. The van der Waals surface area contributed by atoms with Crippen molar-refractivity contribution >= 4 is 77.5 Å². The molecule has 0 fully saturated rings. The summed E-state index contributed by atoms with van der Waals surface area (Å²) in [7, 11) is 4.16. The molecular formula is C33H50Cl2N12O3Si. The lowest BCUT2D eigenvalue weighted by atomic mass is 10.1. The predicted octanol–water partition coefficient (Wildman–Crippen LogP) is 6.56. The Morgan fingerprint density at radius 1 is 0.745 bits per heavy atom. The molecule has 51 heavy (non-hydrogen) atoms. The fourth-order valence-corrected chi connectivity index (χ4v) is 6.67. The van der Waals surface area contributed by atoms with Gasteiger partial charge < -0.3 is 24.3 Å². The molecule has 0 radical (unpaired) electrons. The maximum absolute atomic E-state index is 12.8. The molecular weight excluding hydrogens is 711 g/mol. The Bertz CT molecular complexity index is 1810. The second kappa shape index (κ2) is 16.9. The second-order valence-electron chi connectivity index (χ2n) is 13.0. The summed E-state index contributed by atoms with van der Waals surface area (Å²) in [5.41, 5.74) is 2.84. The first kappa shape index (κ1) is 41.3. The molecule has 2 unspecified atom stereocenters. The quantitative estimate of drug-likeness (QED) is 0.104. The molecule has 0 aliphatic carbocycles. The van der Waals surface area contributed by atoms with Crippen LogP contribution in [0.25, 0.3) is 0 Å². The van der Waals surface area contributed by atoms with E-state index in [9.17, 15) is 9.59 Å². The largest absolute Gasteiger partial charge is 0.360 e. The minimum Gasteiger partial charge on any atom is -0.360 e. The lowest BCUT2D eigenvalue weighted by molar-refractivity contribution is -0.120. The van der Waals surface area contributed by atoms with Gasteiger partial charge in [0.25, 0.3) is 0 Å². The van der Waals surface area contributed by atoms with E-state index < -0.39 is 8.07 Å². The van der Waals surface area contributed by atoms with Crippen molar-refractivity contribution in [1.82, 2.24) is 39.5 Å². The van der Waals surface area contributed by atoms with Crippen LogP contribution >= 0.6 is 23.2 Å². The Kier molecular flexibility index (Phi) is 13.7. The van der Waals surface area contributed by atoms with Crippen molar-refractivity contribution in [2.45, 2.75) is 86.0 Å². The zero-order chi connectivity index (χ0) is 35.6. The molecule has 2 aliphatic heterocycles. The molecule has 0 spiro atoms. The summed E-state index contributed by atoms with van der Waals surface area (Å²) in [6, 6.07) is 0.390. The number of carbonyl (C=O) groups is 2. The minimum atomic E-state index is -1.12. The molecule has 6 rings (SSSR count). The summed E-state index contributed by atoms with van der Waals surface area (Å²) in [6.45, 7) is 12.0. The van der Waals surface area contributed by atoms with Crippen molar-refractivity contribution in [3.8, 4) is 0 Å². The number of rotatable bonds is 9. The molecule has 15 nitrogen and oxygen atoms in total. The van der Waals surface area contributed by atoms with Crippen molar-refractivity contribution in [1.29, 1.82) is 0 Å². The molecule has 4 aromatic heterocycles. The van der Waals surface area contributed by atoms with Crippen LogP contribution in [0.2, 0.25) is 36.3 Å². The number of ether oxygens (including phenoxy) is 1. The maximum Gasteiger partial charge on any atom is 0.250 e. The van der Waals surface area contributed by atoms with E-state index in [1.807, 2.05) is 43.1 Å². The molecule has 278 valence electrons. The molecule has 2 atom stereocenters. The highest BCUT2D eigenvalue weighted by molar-refractivity contribution is 6.76. The van der Waals surface area contributed by atoms with Gasteiger partial charge in [0, 0.05) is 42.0 Å². The summed E-state index contributed by atoms with van der Waals surface area (Å²) < 4.78 is 9.19. The van der Waals surface area contributed by atoms with Crippen molar-refractivity contribution in [3.05, 3.63) is 47.7 Å². The maximum atomic E-state index is 12.8. The van der Waals surface area contributed by atoms with Gasteiger partial charge in [-0.1, -0.05) is 48.3 Å². The van der Waals surface area contributed by atoms with Gasteiger partial charge in [-0.05, 0) is 42.1 Å². The summed E-state index contributed by atoms with van der Waals surface area (Å²) in [5.74, 6) is 1.21. The average Bonchev–Trinajstić information content (AvgIpc) is 3.71. The highest BCUT2D eigenvalue weighted by Gasteiger charge is 2.39. The number of anilines is 6. The smallest absolute Gasteiger partial charge is 0.250 e. The second-order valence-corrected chi connectivity index (χ2v) is 19.3. The first-order valence-electron chi connectivity index (χ1n) is 16.0. The third-order valence-electron chi connectivity index (χ3n) is 8.34. The lowest BCUT2D eigenvalue weighted by Gasteiger charge is -2.39. The Hall–Kier alpha value is -4.12. The number of hydrogen-bond acceptors (Lipinski definition) is 11. The van der Waals surface area contributed by atoms with Crippen LogP contribution in [0.4, 0.5) is 34.4 Å². The number of fused-ring (bicyclic) bond motifs is 2. The predicted molar refractivity (Wildman–Crippen MR) is 206 cm³/mol. The van der Waals surface area contributed by atoms with E-state index in [-0.39, 0.29) is 49.3 Å². The van der Waals surface area contributed by atoms with Crippen LogP contribution in [0.1, 0.15) is 41.5 Å². The molecule has 2 amide bonds. The van der Waals surface area contributed by atoms with Crippen LogP contribution < -0.4 is 19.6 Å². The summed E-state index contributed by atoms with van der Waals surface area (Å²) >= 11 is 12.0. The van der Waals surface area contributed by atoms with Crippen LogP contribution in [-0.4, -0.2) is 92.2 Å². The first-order valence-corrected chi connectivity index (χ1v) is 20.5. The summed E-state index contributed by atoms with van der Waals surface area (Å²) in [4.78, 5) is 49.0. The minimum absolute atomic E-state index is 0. The fourth-order valence-electron chi connectivity index (χ4n) is 5.66. The molecule has 0 saturated heterocycles. The number of aromatic nitrogens is 8. The zero-order valence-electron chi connectivity index (χ0n) is 29.0. The molecule has 6 heterocycles. The van der Waals surface area contributed by atoms with E-state index in [1.54, 1.807) is 58.0 Å². The number of aryl methyl sites for hydroxylation is 1. The van der Waals surface area contributed by atoms with Crippen LogP contribution in [0.5, 0.6) is 0 Å². The summed E-state index contributed by atoms with van der Waals surface area (Å²) in [6.07, 6.45) is 11.6. The fraction of sp³-hybridized carbons (Fsp3) is 0.515. The SMILES string of the molecule is C.C.CCC1C(=O)N(C)c2cnc(Cl)nc2N1c1cnn(C)c1.CCC1C(=O)N(C)c2cnc(Cl)nc2N1c1cnn(COCC[Si](C)(C)C)c1. The van der Waals surface area contributed by atoms with Gasteiger partial charge in [-0.25, -0.2) is 14.6 Å². The average molecular weight is 762 g/mol. The number of amides is 2. The van der Waals surface area contributed by atoms with Gasteiger partial charge in [0.15, 0.2) is 11.6 Å². The summed E-state index contributed by atoms with van der Waals surface area (Å²) in [5, 5.41) is 8.86. The van der Waals surface area contributed by atoms with Crippen molar-refractivity contribution in [3.63, 3.8) is 0 Å². The van der Waals surface area contributed by atoms with Gasteiger partial charge in [-0.3, -0.25) is 14.3 Å². The Labute approximate surface area is 311 Å². The highest BCUT2D eigenvalue weighted by Crippen LogP contribution is 2.41. The van der Waals surface area contributed by atoms with Gasteiger partial charge in [0.05, 0.1) is 42.4 Å². The normalized spacial score (nSPS) is 16.9. The van der Waals surface area contributed by atoms with Crippen molar-refractivity contribution < 1.29 is 14.3 Å². The Balaban J connectivity index is 0.000000274. The Morgan fingerprint density at radius 3 is 1.65 bits per heavy atom. The Morgan fingerprint density at radius 2 is 1.22 bits per heavy atom. The number of hydrogen-bond donors (Lipinski definition) is 0. The zero-order valence-corrected chi connectivity index (χ0v) is 31.5. The molecule has 18 heteroatoms.